The molecule has 0 aromatic carbocycles. The predicted octanol–water partition coefficient (Wildman–Crippen LogP) is -0.0113. The Morgan fingerprint density at radius 2 is 2.36 bits per heavy atom. The molecule has 0 radical (unpaired) electrons. The van der Waals surface area contributed by atoms with Gasteiger partial charge in [-0.1, -0.05) is 0 Å². The lowest BCUT2D eigenvalue weighted by atomic mass is 10.2. The summed E-state index contributed by atoms with van der Waals surface area (Å²) in [7, 11) is -2.83. The van der Waals surface area contributed by atoms with Crippen LogP contribution in [0.5, 0.6) is 0 Å². The molecule has 2 fully saturated rings. The van der Waals surface area contributed by atoms with E-state index in [1.807, 2.05) is 11.0 Å². The molecule has 0 amide bonds. The largest absolute Gasteiger partial charge is 0.296 e. The van der Waals surface area contributed by atoms with Gasteiger partial charge in [-0.05, 0) is 6.42 Å². The van der Waals surface area contributed by atoms with Crippen molar-refractivity contribution < 1.29 is 8.42 Å². The standard InChI is InChI=1S/C8H11ClN2O2S/c9-6(2-10)3-11-4-8-1-7(11)5-14(8,12)13/h6-8H,1,3-5H2. The van der Waals surface area contributed by atoms with E-state index < -0.39 is 15.2 Å². The molecule has 0 aromatic rings. The minimum atomic E-state index is -2.83. The SMILES string of the molecule is N#CC(Cl)CN1CC2CC1CS2(=O)=O. The van der Waals surface area contributed by atoms with Gasteiger partial charge in [0.25, 0.3) is 0 Å². The average molecular weight is 235 g/mol. The molecule has 2 saturated heterocycles. The zero-order valence-electron chi connectivity index (χ0n) is 7.56. The molecule has 78 valence electrons. The van der Waals surface area contributed by atoms with Crippen LogP contribution in [0.1, 0.15) is 6.42 Å². The second-order valence-electron chi connectivity index (χ2n) is 3.89. The number of rotatable bonds is 2. The van der Waals surface area contributed by atoms with Gasteiger partial charge in [-0.25, -0.2) is 8.42 Å². The van der Waals surface area contributed by atoms with E-state index in [9.17, 15) is 8.42 Å². The van der Waals surface area contributed by atoms with Gasteiger partial charge in [0.1, 0.15) is 5.38 Å². The smallest absolute Gasteiger partial charge is 0.156 e. The van der Waals surface area contributed by atoms with Gasteiger partial charge in [-0.2, -0.15) is 5.26 Å². The maximum absolute atomic E-state index is 11.4. The van der Waals surface area contributed by atoms with Gasteiger partial charge in [0.15, 0.2) is 9.84 Å². The maximum atomic E-state index is 11.4. The zero-order valence-corrected chi connectivity index (χ0v) is 9.13. The molecule has 0 spiro atoms. The van der Waals surface area contributed by atoms with Crippen molar-refractivity contribution in [1.82, 2.24) is 4.90 Å². The average Bonchev–Trinajstić information content (AvgIpc) is 2.59. The molecule has 0 saturated carbocycles. The molecule has 2 heterocycles. The summed E-state index contributed by atoms with van der Waals surface area (Å²) in [6, 6.07) is 2.04. The third-order valence-electron chi connectivity index (χ3n) is 2.96. The lowest BCUT2D eigenvalue weighted by Crippen LogP contribution is -2.42. The third kappa shape index (κ3) is 1.62. The van der Waals surface area contributed by atoms with Crippen LogP contribution in [0.4, 0.5) is 0 Å². The fourth-order valence-corrected chi connectivity index (χ4v) is 4.51. The maximum Gasteiger partial charge on any atom is 0.156 e. The molecule has 2 bridgehead atoms. The van der Waals surface area contributed by atoms with E-state index >= 15 is 0 Å². The van der Waals surface area contributed by atoms with Crippen molar-refractivity contribution >= 4 is 21.4 Å². The Balaban J connectivity index is 2.01. The molecule has 0 aromatic heterocycles. The number of fused-ring (bicyclic) bond motifs is 2. The predicted molar refractivity (Wildman–Crippen MR) is 52.8 cm³/mol. The first-order valence-electron chi connectivity index (χ1n) is 4.52. The third-order valence-corrected chi connectivity index (χ3v) is 5.40. The molecular weight excluding hydrogens is 224 g/mol. The van der Waals surface area contributed by atoms with Crippen molar-refractivity contribution in [2.75, 3.05) is 18.8 Å². The van der Waals surface area contributed by atoms with Crippen LogP contribution >= 0.6 is 11.6 Å². The topological polar surface area (TPSA) is 61.2 Å². The van der Waals surface area contributed by atoms with Crippen LogP contribution in [-0.2, 0) is 9.84 Å². The van der Waals surface area contributed by atoms with Crippen LogP contribution < -0.4 is 0 Å². The van der Waals surface area contributed by atoms with Crippen molar-refractivity contribution in [2.45, 2.75) is 23.1 Å². The second-order valence-corrected chi connectivity index (χ2v) is 6.74. The van der Waals surface area contributed by atoms with Crippen LogP contribution in [-0.4, -0.2) is 48.8 Å². The van der Waals surface area contributed by atoms with E-state index in [0.717, 1.165) is 6.42 Å². The van der Waals surface area contributed by atoms with Crippen LogP contribution in [0, 0.1) is 11.3 Å². The number of halogens is 1. The van der Waals surface area contributed by atoms with Crippen molar-refractivity contribution in [1.29, 1.82) is 5.26 Å². The monoisotopic (exact) mass is 234 g/mol. The number of nitrogens with zero attached hydrogens (tertiary/aromatic N) is 2. The van der Waals surface area contributed by atoms with Crippen LogP contribution in [0.15, 0.2) is 0 Å². The summed E-state index contributed by atoms with van der Waals surface area (Å²) >= 11 is 5.70. The molecule has 0 aliphatic carbocycles. The summed E-state index contributed by atoms with van der Waals surface area (Å²) in [5.41, 5.74) is 0. The first kappa shape index (κ1) is 10.2. The van der Waals surface area contributed by atoms with Gasteiger partial charge in [0.2, 0.25) is 0 Å². The van der Waals surface area contributed by atoms with Crippen molar-refractivity contribution in [3.05, 3.63) is 0 Å². The minimum absolute atomic E-state index is 0.0969. The fourth-order valence-electron chi connectivity index (χ4n) is 2.25. The lowest BCUT2D eigenvalue weighted by molar-refractivity contribution is 0.273. The summed E-state index contributed by atoms with van der Waals surface area (Å²) in [6.07, 6.45) is 0.720. The number of alkyl halides is 1. The molecule has 3 unspecified atom stereocenters. The first-order chi connectivity index (χ1) is 6.53. The van der Waals surface area contributed by atoms with Crippen molar-refractivity contribution in [3.8, 4) is 6.07 Å². The number of hydrogen-bond donors (Lipinski definition) is 0. The van der Waals surface area contributed by atoms with Gasteiger partial charge in [-0.15, -0.1) is 11.6 Å². The summed E-state index contributed by atoms with van der Waals surface area (Å²) in [4.78, 5) is 2.02. The Morgan fingerprint density at radius 1 is 1.64 bits per heavy atom. The zero-order chi connectivity index (χ0) is 10.3. The summed E-state index contributed by atoms with van der Waals surface area (Å²) in [5.74, 6) is 0.243. The van der Waals surface area contributed by atoms with E-state index in [4.69, 9.17) is 16.9 Å². The number of likely N-dealkylation sites (tertiary alicyclic amines) is 1. The van der Waals surface area contributed by atoms with Crippen LogP contribution in [0.25, 0.3) is 0 Å². The van der Waals surface area contributed by atoms with Crippen molar-refractivity contribution in [3.63, 3.8) is 0 Å². The van der Waals surface area contributed by atoms with E-state index in [2.05, 4.69) is 0 Å². The Hall–Kier alpha value is -0.310. The molecular formula is C8H11ClN2O2S. The van der Waals surface area contributed by atoms with E-state index in [1.54, 1.807) is 0 Å². The van der Waals surface area contributed by atoms with E-state index in [1.165, 1.54) is 0 Å². The van der Waals surface area contributed by atoms with Gasteiger partial charge in [-0.3, -0.25) is 4.90 Å². The van der Waals surface area contributed by atoms with Crippen molar-refractivity contribution in [2.24, 2.45) is 0 Å². The van der Waals surface area contributed by atoms with Gasteiger partial charge < -0.3 is 0 Å². The minimum Gasteiger partial charge on any atom is -0.296 e. The second kappa shape index (κ2) is 3.37. The Labute approximate surface area is 88.4 Å². The lowest BCUT2D eigenvalue weighted by Gasteiger charge is -2.26. The summed E-state index contributed by atoms with van der Waals surface area (Å²) in [5, 5.41) is 7.80. The Bertz CT molecular complexity index is 375. The highest BCUT2D eigenvalue weighted by atomic mass is 35.5. The normalized spacial score (nSPS) is 36.9. The first-order valence-corrected chi connectivity index (χ1v) is 6.67. The van der Waals surface area contributed by atoms with Gasteiger partial charge >= 0.3 is 0 Å². The molecule has 6 heteroatoms. The Morgan fingerprint density at radius 3 is 2.79 bits per heavy atom. The molecule has 2 aliphatic rings. The molecule has 0 N–H and O–H groups in total. The summed E-state index contributed by atoms with van der Waals surface area (Å²) in [6.45, 7) is 1.03. The van der Waals surface area contributed by atoms with Gasteiger partial charge in [0.05, 0.1) is 17.1 Å². The highest BCUT2D eigenvalue weighted by Crippen LogP contribution is 2.32. The van der Waals surface area contributed by atoms with E-state index in [0.29, 0.717) is 13.1 Å². The number of nitriles is 1. The number of sulfone groups is 1. The highest BCUT2D eigenvalue weighted by Gasteiger charge is 2.48. The van der Waals surface area contributed by atoms with Crippen LogP contribution in [0.3, 0.4) is 0 Å². The van der Waals surface area contributed by atoms with Gasteiger partial charge in [0, 0.05) is 19.1 Å². The van der Waals surface area contributed by atoms with Crippen LogP contribution in [0.2, 0.25) is 0 Å². The van der Waals surface area contributed by atoms with E-state index in [-0.39, 0.29) is 17.0 Å². The highest BCUT2D eigenvalue weighted by molar-refractivity contribution is 7.92. The molecule has 2 rings (SSSR count). The fraction of sp³-hybridized carbons (Fsp3) is 0.875. The molecule has 14 heavy (non-hydrogen) atoms. The quantitative estimate of drug-likeness (QED) is 0.631. The number of hydrogen-bond acceptors (Lipinski definition) is 4. The molecule has 2 aliphatic heterocycles. The molecule has 3 atom stereocenters. The Kier molecular flexibility index (Phi) is 2.46. The molecule has 4 nitrogen and oxygen atoms in total. The summed E-state index contributed by atoms with van der Waals surface area (Å²) < 4.78 is 22.8.